The van der Waals surface area contributed by atoms with E-state index in [1.165, 1.54) is 6.92 Å². The fraction of sp³-hybridized carbons (Fsp3) is 0.857. The molecule has 0 fully saturated rings. The third-order valence-corrected chi connectivity index (χ3v) is 3.40. The van der Waals surface area contributed by atoms with Crippen molar-refractivity contribution >= 4 is 13.6 Å². The lowest BCUT2D eigenvalue weighted by molar-refractivity contribution is -0.142. The van der Waals surface area contributed by atoms with Gasteiger partial charge in [0, 0.05) is 0 Å². The van der Waals surface area contributed by atoms with E-state index in [0.717, 1.165) is 0 Å². The van der Waals surface area contributed by atoms with E-state index in [1.54, 1.807) is 6.92 Å². The van der Waals surface area contributed by atoms with E-state index in [0.29, 0.717) is 6.42 Å². The largest absolute Gasteiger partial charge is 0.481 e. The van der Waals surface area contributed by atoms with Crippen molar-refractivity contribution in [3.05, 3.63) is 0 Å². The van der Waals surface area contributed by atoms with Crippen molar-refractivity contribution < 1.29 is 24.3 Å². The topological polar surface area (TPSA) is 94.8 Å². The van der Waals surface area contributed by atoms with Crippen molar-refractivity contribution in [1.29, 1.82) is 0 Å². The zero-order chi connectivity index (χ0) is 10.6. The van der Waals surface area contributed by atoms with Crippen LogP contribution in [0.5, 0.6) is 0 Å². The van der Waals surface area contributed by atoms with Gasteiger partial charge in [-0.2, -0.15) is 0 Å². The molecule has 0 aliphatic carbocycles. The van der Waals surface area contributed by atoms with Crippen molar-refractivity contribution in [3.8, 4) is 0 Å². The predicted molar refractivity (Wildman–Crippen MR) is 47.5 cm³/mol. The van der Waals surface area contributed by atoms with Crippen LogP contribution in [0, 0.1) is 5.92 Å². The van der Waals surface area contributed by atoms with Crippen molar-refractivity contribution in [2.75, 3.05) is 0 Å². The Kier molecular flexibility index (Phi) is 4.61. The summed E-state index contributed by atoms with van der Waals surface area (Å²) in [5, 5.41) is 8.63. The molecule has 0 rings (SSSR count). The molecule has 13 heavy (non-hydrogen) atoms. The van der Waals surface area contributed by atoms with Gasteiger partial charge in [-0.25, -0.2) is 0 Å². The maximum atomic E-state index is 10.7. The molecule has 0 saturated heterocycles. The van der Waals surface area contributed by atoms with Gasteiger partial charge in [-0.05, 0) is 12.8 Å². The number of rotatable bonds is 5. The Labute approximate surface area is 76.9 Å². The summed E-state index contributed by atoms with van der Waals surface area (Å²) < 4.78 is 10.7. The summed E-state index contributed by atoms with van der Waals surface area (Å²) >= 11 is 0. The SMILES string of the molecule is CCC(CC(C)P(=O)(O)O)C(=O)O. The van der Waals surface area contributed by atoms with Gasteiger partial charge in [-0.1, -0.05) is 13.8 Å². The second-order valence-electron chi connectivity index (χ2n) is 3.12. The van der Waals surface area contributed by atoms with Gasteiger partial charge >= 0.3 is 13.6 Å². The van der Waals surface area contributed by atoms with Crippen molar-refractivity contribution in [2.24, 2.45) is 5.92 Å². The maximum absolute atomic E-state index is 10.7. The lowest BCUT2D eigenvalue weighted by Gasteiger charge is -2.16. The first-order chi connectivity index (χ1) is 5.79. The number of carboxylic acid groups (broad SMARTS) is 1. The second kappa shape index (κ2) is 4.74. The third kappa shape index (κ3) is 4.41. The highest BCUT2D eigenvalue weighted by atomic mass is 31.2. The van der Waals surface area contributed by atoms with E-state index in [9.17, 15) is 9.36 Å². The number of aliphatic carboxylic acids is 1. The van der Waals surface area contributed by atoms with Crippen LogP contribution in [-0.2, 0) is 9.36 Å². The Balaban J connectivity index is 4.26. The smallest absolute Gasteiger partial charge is 0.328 e. The summed E-state index contributed by atoms with van der Waals surface area (Å²) in [6, 6.07) is 0. The van der Waals surface area contributed by atoms with Gasteiger partial charge in [0.1, 0.15) is 0 Å². The number of hydrogen-bond donors (Lipinski definition) is 3. The molecular weight excluding hydrogens is 195 g/mol. The van der Waals surface area contributed by atoms with Gasteiger partial charge in [0.25, 0.3) is 0 Å². The average Bonchev–Trinajstić information content (AvgIpc) is 1.96. The van der Waals surface area contributed by atoms with Crippen LogP contribution in [0.25, 0.3) is 0 Å². The van der Waals surface area contributed by atoms with Crippen LogP contribution in [0.15, 0.2) is 0 Å². The molecule has 0 spiro atoms. The zero-order valence-corrected chi connectivity index (χ0v) is 8.57. The standard InChI is InChI=1S/C7H15O5P/c1-3-6(7(8)9)4-5(2)13(10,11)12/h5-6H,3-4H2,1-2H3,(H,8,9)(H2,10,11,12). The van der Waals surface area contributed by atoms with Crippen molar-refractivity contribution in [1.82, 2.24) is 0 Å². The Bertz CT molecular complexity index is 221. The summed E-state index contributed by atoms with van der Waals surface area (Å²) in [5.74, 6) is -1.66. The molecule has 3 N–H and O–H groups in total. The van der Waals surface area contributed by atoms with Crippen LogP contribution in [0.1, 0.15) is 26.7 Å². The molecule has 0 amide bonds. The van der Waals surface area contributed by atoms with E-state index in [-0.39, 0.29) is 6.42 Å². The molecule has 0 aromatic heterocycles. The van der Waals surface area contributed by atoms with Crippen molar-refractivity contribution in [2.45, 2.75) is 32.3 Å². The van der Waals surface area contributed by atoms with Crippen LogP contribution in [0.2, 0.25) is 0 Å². The molecule has 78 valence electrons. The number of carboxylic acids is 1. The minimum atomic E-state index is -4.13. The molecule has 5 nitrogen and oxygen atoms in total. The normalized spacial score (nSPS) is 16.6. The molecule has 0 radical (unpaired) electrons. The average molecular weight is 210 g/mol. The van der Waals surface area contributed by atoms with Crippen LogP contribution >= 0.6 is 7.60 Å². The zero-order valence-electron chi connectivity index (χ0n) is 7.67. The second-order valence-corrected chi connectivity index (χ2v) is 5.18. The lowest BCUT2D eigenvalue weighted by atomic mass is 10.0. The molecular formula is C7H15O5P. The minimum Gasteiger partial charge on any atom is -0.481 e. The molecule has 0 aliphatic heterocycles. The van der Waals surface area contributed by atoms with Crippen LogP contribution in [-0.4, -0.2) is 26.5 Å². The molecule has 6 heteroatoms. The molecule has 0 aliphatic rings. The summed E-state index contributed by atoms with van der Waals surface area (Å²) in [4.78, 5) is 28.0. The van der Waals surface area contributed by atoms with Crippen LogP contribution < -0.4 is 0 Å². The summed E-state index contributed by atoms with van der Waals surface area (Å²) in [5.41, 5.74) is -0.881. The van der Waals surface area contributed by atoms with E-state index in [1.807, 2.05) is 0 Å². The van der Waals surface area contributed by atoms with E-state index in [4.69, 9.17) is 14.9 Å². The third-order valence-electron chi connectivity index (χ3n) is 2.04. The van der Waals surface area contributed by atoms with E-state index < -0.39 is 25.1 Å². The Morgan fingerprint density at radius 1 is 1.46 bits per heavy atom. The van der Waals surface area contributed by atoms with Crippen LogP contribution in [0.3, 0.4) is 0 Å². The summed E-state index contributed by atoms with van der Waals surface area (Å²) in [7, 11) is -4.13. The Morgan fingerprint density at radius 2 is 1.92 bits per heavy atom. The molecule has 2 atom stereocenters. The molecule has 2 unspecified atom stereocenters. The molecule has 0 aromatic rings. The van der Waals surface area contributed by atoms with Gasteiger partial charge in [-0.15, -0.1) is 0 Å². The highest BCUT2D eigenvalue weighted by Crippen LogP contribution is 2.44. The molecule has 0 heterocycles. The van der Waals surface area contributed by atoms with Crippen LogP contribution in [0.4, 0.5) is 0 Å². The lowest BCUT2D eigenvalue weighted by Crippen LogP contribution is -2.18. The minimum absolute atomic E-state index is 0.0239. The number of carbonyl (C=O) groups is 1. The van der Waals surface area contributed by atoms with Gasteiger partial charge in [-0.3, -0.25) is 9.36 Å². The van der Waals surface area contributed by atoms with Gasteiger partial charge in [0.2, 0.25) is 0 Å². The Hall–Kier alpha value is -0.380. The highest BCUT2D eigenvalue weighted by Gasteiger charge is 2.29. The van der Waals surface area contributed by atoms with Gasteiger partial charge < -0.3 is 14.9 Å². The molecule has 0 saturated carbocycles. The highest BCUT2D eigenvalue weighted by molar-refractivity contribution is 7.52. The van der Waals surface area contributed by atoms with E-state index in [2.05, 4.69) is 0 Å². The van der Waals surface area contributed by atoms with Gasteiger partial charge in [0.05, 0.1) is 11.6 Å². The predicted octanol–water partition coefficient (Wildman–Crippen LogP) is 1.05. The maximum Gasteiger partial charge on any atom is 0.328 e. The first kappa shape index (κ1) is 12.6. The first-order valence-electron chi connectivity index (χ1n) is 4.07. The van der Waals surface area contributed by atoms with Gasteiger partial charge in [0.15, 0.2) is 0 Å². The number of hydrogen-bond acceptors (Lipinski definition) is 2. The fourth-order valence-electron chi connectivity index (χ4n) is 0.991. The molecule has 0 aromatic carbocycles. The quantitative estimate of drug-likeness (QED) is 0.589. The molecule has 0 bridgehead atoms. The Morgan fingerprint density at radius 3 is 2.15 bits per heavy atom. The van der Waals surface area contributed by atoms with E-state index >= 15 is 0 Å². The fourth-order valence-corrected chi connectivity index (χ4v) is 1.52. The monoisotopic (exact) mass is 210 g/mol. The first-order valence-corrected chi connectivity index (χ1v) is 5.75. The summed E-state index contributed by atoms with van der Waals surface area (Å²) in [6.07, 6.45) is 0.412. The van der Waals surface area contributed by atoms with Crippen molar-refractivity contribution in [3.63, 3.8) is 0 Å². The summed E-state index contributed by atoms with van der Waals surface area (Å²) in [6.45, 7) is 3.05.